The zero-order chi connectivity index (χ0) is 18.7. The van der Waals surface area contributed by atoms with Crippen LogP contribution in [0, 0.1) is 0 Å². The second-order valence-corrected chi connectivity index (χ2v) is 8.78. The van der Waals surface area contributed by atoms with E-state index in [0.29, 0.717) is 21.6 Å². The van der Waals surface area contributed by atoms with Crippen LogP contribution in [0.2, 0.25) is 10.0 Å². The van der Waals surface area contributed by atoms with E-state index in [1.807, 2.05) is 50.2 Å². The van der Waals surface area contributed by atoms with Gasteiger partial charge in [0.1, 0.15) is 11.4 Å². The Morgan fingerprint density at radius 3 is 2.81 bits per heavy atom. The molecule has 3 rings (SSSR count). The van der Waals surface area contributed by atoms with Crippen LogP contribution in [0.25, 0.3) is 0 Å². The van der Waals surface area contributed by atoms with E-state index in [4.69, 9.17) is 27.9 Å². The fourth-order valence-corrected chi connectivity index (χ4v) is 4.46. The third-order valence-corrected chi connectivity index (χ3v) is 5.79. The van der Waals surface area contributed by atoms with Gasteiger partial charge < -0.3 is 10.1 Å². The van der Waals surface area contributed by atoms with Crippen molar-refractivity contribution in [3.05, 3.63) is 63.6 Å². The second-order valence-electron chi connectivity index (χ2n) is 6.95. The smallest absolute Gasteiger partial charge is 0.230 e. The summed E-state index contributed by atoms with van der Waals surface area (Å²) < 4.78 is 6.01. The Balaban J connectivity index is 1.58. The fraction of sp³-hybridized carbons (Fsp3) is 0.350. The number of hydrogen-bond donors (Lipinski definition) is 1. The van der Waals surface area contributed by atoms with Crippen LogP contribution in [0.1, 0.15) is 37.4 Å². The average molecular weight is 410 g/mol. The largest absolute Gasteiger partial charge is 0.487 e. The van der Waals surface area contributed by atoms with E-state index in [1.165, 1.54) is 11.8 Å². The first-order chi connectivity index (χ1) is 12.3. The third-order valence-electron chi connectivity index (χ3n) is 4.22. The van der Waals surface area contributed by atoms with E-state index in [0.717, 1.165) is 23.3 Å². The zero-order valence-corrected chi connectivity index (χ0v) is 17.0. The molecule has 1 atom stereocenters. The highest BCUT2D eigenvalue weighted by Crippen LogP contribution is 2.39. The Morgan fingerprint density at radius 2 is 2.04 bits per heavy atom. The monoisotopic (exact) mass is 409 g/mol. The molecular formula is C20H21Cl2NO2S. The van der Waals surface area contributed by atoms with Crippen molar-refractivity contribution in [2.45, 2.75) is 37.7 Å². The molecule has 1 N–H and O–H groups in total. The van der Waals surface area contributed by atoms with E-state index in [9.17, 15) is 4.79 Å². The number of nitrogens with one attached hydrogen (secondary N) is 1. The summed E-state index contributed by atoms with van der Waals surface area (Å²) in [5, 5.41) is 4.39. The van der Waals surface area contributed by atoms with Crippen LogP contribution in [0.4, 0.5) is 0 Å². The van der Waals surface area contributed by atoms with Crippen molar-refractivity contribution in [3.63, 3.8) is 0 Å². The molecule has 0 aliphatic carbocycles. The summed E-state index contributed by atoms with van der Waals surface area (Å²) in [6.45, 7) is 4.08. The first-order valence-electron chi connectivity index (χ1n) is 8.43. The first kappa shape index (κ1) is 19.4. The molecular weight excluding hydrogens is 389 g/mol. The van der Waals surface area contributed by atoms with Crippen molar-refractivity contribution < 1.29 is 9.53 Å². The highest BCUT2D eigenvalue weighted by molar-refractivity contribution is 7.99. The second kappa shape index (κ2) is 8.12. The van der Waals surface area contributed by atoms with Gasteiger partial charge in [-0.05, 0) is 37.6 Å². The van der Waals surface area contributed by atoms with Crippen molar-refractivity contribution in [3.8, 4) is 5.75 Å². The summed E-state index contributed by atoms with van der Waals surface area (Å²) in [5.41, 5.74) is 1.70. The third kappa shape index (κ3) is 4.87. The Kier molecular flexibility index (Phi) is 6.06. The number of amides is 1. The number of hydrogen-bond acceptors (Lipinski definition) is 3. The highest BCUT2D eigenvalue weighted by Gasteiger charge is 2.34. The number of benzene rings is 2. The summed E-state index contributed by atoms with van der Waals surface area (Å²) >= 11 is 13.6. The maximum absolute atomic E-state index is 12.4. The molecule has 1 aliphatic heterocycles. The maximum Gasteiger partial charge on any atom is 0.230 e. The van der Waals surface area contributed by atoms with Gasteiger partial charge in [0.2, 0.25) is 5.91 Å². The molecule has 2 aromatic carbocycles. The first-order valence-corrected chi connectivity index (χ1v) is 10.3. The van der Waals surface area contributed by atoms with E-state index in [-0.39, 0.29) is 17.6 Å². The molecule has 0 radical (unpaired) electrons. The normalized spacial score (nSPS) is 17.9. The molecule has 0 saturated heterocycles. The van der Waals surface area contributed by atoms with Gasteiger partial charge in [-0.1, -0.05) is 47.5 Å². The molecule has 0 spiro atoms. The summed E-state index contributed by atoms with van der Waals surface area (Å²) in [6, 6.07) is 13.3. The van der Waals surface area contributed by atoms with E-state index in [1.54, 1.807) is 6.07 Å². The van der Waals surface area contributed by atoms with Crippen LogP contribution >= 0.6 is 35.0 Å². The molecule has 1 amide bonds. The average Bonchev–Trinajstić information content (AvgIpc) is 2.56. The Bertz CT molecular complexity index is 810. The summed E-state index contributed by atoms with van der Waals surface area (Å²) in [7, 11) is 0. The number of fused-ring (bicyclic) bond motifs is 1. The van der Waals surface area contributed by atoms with Crippen LogP contribution in [-0.2, 0) is 10.5 Å². The number of carbonyl (C=O) groups is 1. The Hall–Kier alpha value is -1.36. The minimum Gasteiger partial charge on any atom is -0.487 e. The van der Waals surface area contributed by atoms with E-state index in [2.05, 4.69) is 5.32 Å². The van der Waals surface area contributed by atoms with Gasteiger partial charge >= 0.3 is 0 Å². The quantitative estimate of drug-likeness (QED) is 0.693. The topological polar surface area (TPSA) is 38.3 Å². The lowest BCUT2D eigenvalue weighted by Gasteiger charge is -2.37. The fourth-order valence-electron chi connectivity index (χ4n) is 3.06. The summed E-state index contributed by atoms with van der Waals surface area (Å²) in [6.07, 6.45) is 0.740. The number of thioether (sulfide) groups is 1. The standard InChI is InChI=1S/C20H21Cl2NO2S/c1-20(2)10-17(15-5-3-4-6-18(15)25-20)23-19(24)12-26-11-13-7-8-14(21)9-16(13)22/h3-9,17H,10-12H2,1-2H3,(H,23,24)/t17-/m1/s1. The van der Waals surface area contributed by atoms with Crippen molar-refractivity contribution in [1.29, 1.82) is 0 Å². The SMILES string of the molecule is CC1(C)C[C@@H](NC(=O)CSCc2ccc(Cl)cc2Cl)c2ccccc2O1. The van der Waals surface area contributed by atoms with Gasteiger partial charge in [0.05, 0.1) is 11.8 Å². The van der Waals surface area contributed by atoms with Gasteiger partial charge in [-0.15, -0.1) is 11.8 Å². The summed E-state index contributed by atoms with van der Waals surface area (Å²) in [5.74, 6) is 1.89. The minimum absolute atomic E-state index is 0.0117. The van der Waals surface area contributed by atoms with E-state index < -0.39 is 0 Å². The molecule has 0 unspecified atom stereocenters. The van der Waals surface area contributed by atoms with Gasteiger partial charge in [0, 0.05) is 27.8 Å². The van der Waals surface area contributed by atoms with Crippen molar-refractivity contribution >= 4 is 40.9 Å². The maximum atomic E-state index is 12.4. The molecule has 3 nitrogen and oxygen atoms in total. The van der Waals surface area contributed by atoms with Crippen LogP contribution in [0.5, 0.6) is 5.75 Å². The van der Waals surface area contributed by atoms with Crippen LogP contribution < -0.4 is 10.1 Å². The van der Waals surface area contributed by atoms with Crippen molar-refractivity contribution in [1.82, 2.24) is 5.32 Å². The molecule has 0 fully saturated rings. The van der Waals surface area contributed by atoms with Gasteiger partial charge in [0.25, 0.3) is 0 Å². The van der Waals surface area contributed by atoms with Crippen molar-refractivity contribution in [2.24, 2.45) is 0 Å². The molecule has 0 aromatic heterocycles. The predicted molar refractivity (Wildman–Crippen MR) is 109 cm³/mol. The summed E-state index contributed by atoms with van der Waals surface area (Å²) in [4.78, 5) is 12.4. The van der Waals surface area contributed by atoms with Crippen molar-refractivity contribution in [2.75, 3.05) is 5.75 Å². The van der Waals surface area contributed by atoms with E-state index >= 15 is 0 Å². The number of rotatable bonds is 5. The van der Waals surface area contributed by atoms with Gasteiger partial charge in [-0.25, -0.2) is 0 Å². The lowest BCUT2D eigenvalue weighted by Crippen LogP contribution is -2.41. The number of ether oxygens (including phenoxy) is 1. The highest BCUT2D eigenvalue weighted by atomic mass is 35.5. The number of halogens is 2. The van der Waals surface area contributed by atoms with Gasteiger partial charge in [-0.2, -0.15) is 0 Å². The lowest BCUT2D eigenvalue weighted by molar-refractivity contribution is -0.119. The zero-order valence-electron chi connectivity index (χ0n) is 14.7. The molecule has 1 aliphatic rings. The molecule has 6 heteroatoms. The molecule has 138 valence electrons. The van der Waals surface area contributed by atoms with Crippen LogP contribution in [0.3, 0.4) is 0 Å². The van der Waals surface area contributed by atoms with Gasteiger partial charge in [0.15, 0.2) is 0 Å². The molecule has 0 saturated carbocycles. The molecule has 0 bridgehead atoms. The Morgan fingerprint density at radius 1 is 1.27 bits per heavy atom. The van der Waals surface area contributed by atoms with Crippen LogP contribution in [-0.4, -0.2) is 17.3 Å². The molecule has 26 heavy (non-hydrogen) atoms. The number of para-hydroxylation sites is 1. The minimum atomic E-state index is -0.309. The Labute approximate surface area is 168 Å². The molecule has 2 aromatic rings. The number of carbonyl (C=O) groups excluding carboxylic acids is 1. The predicted octanol–water partition coefficient (Wildman–Crippen LogP) is 5.65. The van der Waals surface area contributed by atoms with Gasteiger partial charge in [-0.3, -0.25) is 4.79 Å². The molecule has 1 heterocycles. The lowest BCUT2D eigenvalue weighted by atomic mass is 9.90. The van der Waals surface area contributed by atoms with Crippen LogP contribution in [0.15, 0.2) is 42.5 Å².